The van der Waals surface area contributed by atoms with Crippen LogP contribution in [0.2, 0.25) is 20.1 Å². The van der Waals surface area contributed by atoms with Gasteiger partial charge in [-0.15, -0.1) is 0 Å². The monoisotopic (exact) mass is 1280 g/mol. The molecule has 3 saturated heterocycles. The summed E-state index contributed by atoms with van der Waals surface area (Å²) in [6, 6.07) is 20.6. The predicted octanol–water partition coefficient (Wildman–Crippen LogP) is 4.17. The van der Waals surface area contributed by atoms with E-state index in [0.29, 0.717) is 73.7 Å². The summed E-state index contributed by atoms with van der Waals surface area (Å²) in [5, 5.41) is 22.4. The van der Waals surface area contributed by atoms with E-state index in [9.17, 15) is 50.7 Å². The van der Waals surface area contributed by atoms with E-state index in [-0.39, 0.29) is 89.0 Å². The minimum Gasteiger partial charge on any atom is -1.00 e. The number of esters is 1. The van der Waals surface area contributed by atoms with Crippen molar-refractivity contribution in [2.24, 2.45) is 14.1 Å². The number of hydrogen-bond acceptors (Lipinski definition) is 12. The molecule has 2 atom stereocenters. The normalized spacial score (nSPS) is 17.9. The van der Waals surface area contributed by atoms with Gasteiger partial charge in [0.2, 0.25) is 0 Å². The fourth-order valence-electron chi connectivity index (χ4n) is 10.0. The Balaban J connectivity index is 0.000000329. The molecular formula is C54H63BCl4LiN10O13S2. The van der Waals surface area contributed by atoms with Crippen molar-refractivity contribution in [3.8, 4) is 0 Å². The number of urea groups is 2. The summed E-state index contributed by atoms with van der Waals surface area (Å²) >= 11 is 25.1. The van der Waals surface area contributed by atoms with Crippen LogP contribution in [0.4, 0.5) is 9.59 Å². The molecule has 3 fully saturated rings. The van der Waals surface area contributed by atoms with Crippen LogP contribution in [-0.2, 0) is 55.1 Å². The van der Waals surface area contributed by atoms with Crippen molar-refractivity contribution in [1.29, 1.82) is 0 Å². The van der Waals surface area contributed by atoms with E-state index in [1.807, 2.05) is 9.44 Å². The molecule has 3 aliphatic heterocycles. The molecule has 6 aromatic rings. The van der Waals surface area contributed by atoms with Crippen molar-refractivity contribution < 1.29 is 80.5 Å². The number of fused-ring (bicyclic) bond motifs is 2. The van der Waals surface area contributed by atoms with Gasteiger partial charge < -0.3 is 46.4 Å². The largest absolute Gasteiger partial charge is 1.00 e. The molecule has 451 valence electrons. The van der Waals surface area contributed by atoms with Gasteiger partial charge in [-0.3, -0.25) is 9.59 Å². The summed E-state index contributed by atoms with van der Waals surface area (Å²) in [7, 11) is -2.55. The molecule has 9 rings (SSSR count). The zero-order valence-corrected chi connectivity index (χ0v) is 52.0. The van der Waals surface area contributed by atoms with Gasteiger partial charge in [-0.05, 0) is 117 Å². The molecule has 31 heteroatoms. The maximum atomic E-state index is 13.8. The molecule has 23 nitrogen and oxygen atoms in total. The predicted molar refractivity (Wildman–Crippen MR) is 322 cm³/mol. The number of nitrogens with zero attached hydrogens (tertiary/aromatic N) is 4. The third-order valence-corrected chi connectivity index (χ3v) is 18.8. The van der Waals surface area contributed by atoms with E-state index < -0.39 is 67.3 Å². The van der Waals surface area contributed by atoms with Crippen molar-refractivity contribution in [2.75, 3.05) is 60.1 Å². The number of carbonyl (C=O) groups is 6. The van der Waals surface area contributed by atoms with Crippen molar-refractivity contribution in [1.82, 2.24) is 48.5 Å². The van der Waals surface area contributed by atoms with Crippen LogP contribution in [0.15, 0.2) is 84.9 Å². The van der Waals surface area contributed by atoms with E-state index in [1.54, 1.807) is 96.9 Å². The molecule has 4 aromatic carbocycles. The molecule has 85 heavy (non-hydrogen) atoms. The summed E-state index contributed by atoms with van der Waals surface area (Å²) < 4.78 is 71.5. The van der Waals surface area contributed by atoms with E-state index in [0.717, 1.165) is 21.8 Å². The molecule has 0 bridgehead atoms. The number of piperidine rings is 2. The van der Waals surface area contributed by atoms with Crippen molar-refractivity contribution >= 4 is 133 Å². The number of halogens is 4. The SMILES string of the molecule is C1CCOC1.CCOC(=O)c1cccc(C2(NC(=O)c3cc4c(Cl)c(Cl)ccc4n3C)CCCN(S(=O)(=O)NC(=O)NC)C2)c1.CNC(=O)NS(=O)(=O)N1CCCC(NC(=O)c2cc3c(Cl)c(Cl)ccc3n2C)(c2cccc(C(=O)O)c2)C1.[B].[H-].[Li+]. The Kier molecular flexibility index (Phi) is 24.3. The number of hydrogen-bond donors (Lipinski definition) is 7. The Morgan fingerprint density at radius 1 is 0.635 bits per heavy atom. The number of carbonyl (C=O) groups excluding carboxylic acids is 5. The fraction of sp³-hybridized carbons (Fsp3) is 0.370. The molecule has 0 spiro atoms. The summed E-state index contributed by atoms with van der Waals surface area (Å²) in [6.07, 6.45) is 3.90. The molecule has 7 N–H and O–H groups in total. The van der Waals surface area contributed by atoms with Gasteiger partial charge >= 0.3 is 63.3 Å². The van der Waals surface area contributed by atoms with Crippen molar-refractivity contribution in [3.05, 3.63) is 139 Å². The van der Waals surface area contributed by atoms with Gasteiger partial charge in [0.1, 0.15) is 11.4 Å². The van der Waals surface area contributed by atoms with Crippen LogP contribution in [-0.4, -0.2) is 144 Å². The number of amides is 6. The van der Waals surface area contributed by atoms with Gasteiger partial charge in [0.15, 0.2) is 0 Å². The van der Waals surface area contributed by atoms with Gasteiger partial charge in [-0.1, -0.05) is 70.7 Å². The van der Waals surface area contributed by atoms with Crippen LogP contribution in [0.1, 0.15) is 99.7 Å². The van der Waals surface area contributed by atoms with Crippen LogP contribution in [0.5, 0.6) is 0 Å². The van der Waals surface area contributed by atoms with Crippen LogP contribution in [0.25, 0.3) is 21.8 Å². The van der Waals surface area contributed by atoms with Crippen molar-refractivity contribution in [3.63, 3.8) is 0 Å². The molecule has 6 amide bonds. The van der Waals surface area contributed by atoms with Crippen LogP contribution >= 0.6 is 46.4 Å². The maximum Gasteiger partial charge on any atom is 1.00 e. The molecule has 2 aromatic heterocycles. The average molecular weight is 1280 g/mol. The molecule has 0 aliphatic carbocycles. The van der Waals surface area contributed by atoms with E-state index >= 15 is 0 Å². The standard InChI is InChI=1S/C26H29Cl2N5O6S.C24H25Cl2N5O6S.C4H8O.B.Li.H/c1-4-39-24(35)16-7-5-8-17(13-16)26(11-6-12-33(15-26)40(37,38)31-25(36)29-2)30-23(34)21-14-18-20(32(21)3)10-9-19(27)22(18)28;1-27-23(35)29-38(36,37)31-10-4-9-24(13-31,15-6-3-5-14(11-15)22(33)34)28-21(32)19-12-16-18(30(19)2)8-7-17(25)20(16)26;1-2-4-5-3-1;;;/h5,7-10,13-14H,4,6,11-12,15H2,1-3H3,(H,30,34)(H2,29,31,36);3,5-8,11-12H,4,9-10,13H2,1-2H3,(H,28,32)(H,33,34)(H2,27,29,35);1-4H2;;;/q;;;;+1;-1. The molecule has 2 unspecified atom stereocenters. The van der Waals surface area contributed by atoms with Gasteiger partial charge in [0.05, 0.1) is 48.9 Å². The van der Waals surface area contributed by atoms with E-state index in [2.05, 4.69) is 21.3 Å². The van der Waals surface area contributed by atoms with E-state index in [4.69, 9.17) is 55.9 Å². The van der Waals surface area contributed by atoms with Crippen molar-refractivity contribution in [2.45, 2.75) is 56.5 Å². The molecule has 0 saturated carbocycles. The topological polar surface area (TPSA) is 298 Å². The number of aromatic carboxylic acids is 1. The first kappa shape index (κ1) is 69.8. The average Bonchev–Trinajstić information content (AvgIpc) is 1.96. The molecule has 3 radical (unpaired) electrons. The summed E-state index contributed by atoms with van der Waals surface area (Å²) in [6.45, 7) is 3.62. The Morgan fingerprint density at radius 2 is 1.05 bits per heavy atom. The minimum atomic E-state index is -4.27. The Morgan fingerprint density at radius 3 is 1.42 bits per heavy atom. The Bertz CT molecular complexity index is 3730. The number of carboxylic acid groups (broad SMARTS) is 1. The quantitative estimate of drug-likeness (QED) is 0.0632. The number of carboxylic acids is 1. The van der Waals surface area contributed by atoms with Gasteiger partial charge in [-0.25, -0.2) is 28.6 Å². The van der Waals surface area contributed by atoms with E-state index in [1.165, 1.54) is 45.1 Å². The maximum absolute atomic E-state index is 13.8. The third kappa shape index (κ3) is 16.0. The second-order valence-corrected chi connectivity index (χ2v) is 24.5. The third-order valence-electron chi connectivity index (χ3n) is 14.3. The number of nitrogens with one attached hydrogen (secondary N) is 6. The molecule has 5 heterocycles. The van der Waals surface area contributed by atoms with Crippen LogP contribution in [0.3, 0.4) is 0 Å². The number of aryl methyl sites for hydroxylation is 2. The minimum absolute atomic E-state index is 0. The first-order valence-corrected chi connectivity index (χ1v) is 30.4. The zero-order chi connectivity index (χ0) is 60.6. The van der Waals surface area contributed by atoms with Gasteiger partial charge in [0.25, 0.3) is 11.8 Å². The summed E-state index contributed by atoms with van der Waals surface area (Å²) in [5.41, 5.74) is 0.424. The fourth-order valence-corrected chi connectivity index (χ4v) is 13.3. The number of benzene rings is 4. The number of aromatic nitrogens is 2. The second kappa shape index (κ2) is 29.6. The van der Waals surface area contributed by atoms with Gasteiger partial charge in [0, 0.05) is 97.8 Å². The van der Waals surface area contributed by atoms with Crippen LogP contribution in [0, 0.1) is 0 Å². The smallest absolute Gasteiger partial charge is 1.00 e. The first-order valence-electron chi connectivity index (χ1n) is 26.0. The molecular weight excluding hydrogens is 1220 g/mol. The Hall–Kier alpha value is -6.02. The number of rotatable bonds is 13. The second-order valence-electron chi connectivity index (χ2n) is 19.6. The summed E-state index contributed by atoms with van der Waals surface area (Å²) in [4.78, 5) is 75.4. The Labute approximate surface area is 527 Å². The zero-order valence-electron chi connectivity index (χ0n) is 48.3. The van der Waals surface area contributed by atoms with Crippen LogP contribution < -0.4 is 49.6 Å². The van der Waals surface area contributed by atoms with Gasteiger partial charge in [-0.2, -0.15) is 25.4 Å². The summed E-state index contributed by atoms with van der Waals surface area (Å²) in [5.74, 6) is -2.75. The first-order chi connectivity index (χ1) is 39.3. The number of ether oxygens (including phenoxy) is 2. The molecule has 3 aliphatic rings.